The Morgan fingerprint density at radius 1 is 0.955 bits per heavy atom. The first-order valence-electron chi connectivity index (χ1n) is 8.76. The molecule has 3 heteroatoms. The van der Waals surface area contributed by atoms with Gasteiger partial charge in [0.25, 0.3) is 0 Å². The normalized spacial score (nSPS) is 22.8. The second-order valence-electron chi connectivity index (χ2n) is 6.93. The predicted octanol–water partition coefficient (Wildman–Crippen LogP) is 3.16. The topological polar surface area (TPSA) is 23.6 Å². The quantitative estimate of drug-likeness (QED) is 0.853. The summed E-state index contributed by atoms with van der Waals surface area (Å²) in [6.07, 6.45) is 5.89. The number of rotatable bonds is 4. The fraction of sp³-hybridized carbons (Fsp3) is 0.632. The molecule has 22 heavy (non-hydrogen) atoms. The molecule has 0 bridgehead atoms. The summed E-state index contributed by atoms with van der Waals surface area (Å²) < 4.78 is 0. The molecule has 0 saturated carbocycles. The second kappa shape index (κ2) is 7.38. The van der Waals surface area contributed by atoms with Gasteiger partial charge in [-0.05, 0) is 50.5 Å². The maximum absolute atomic E-state index is 11.5. The van der Waals surface area contributed by atoms with Gasteiger partial charge in [-0.2, -0.15) is 0 Å². The zero-order valence-corrected chi connectivity index (χ0v) is 13.7. The van der Waals surface area contributed by atoms with Crippen molar-refractivity contribution in [3.8, 4) is 0 Å². The monoisotopic (exact) mass is 300 g/mol. The van der Waals surface area contributed by atoms with Gasteiger partial charge < -0.3 is 0 Å². The van der Waals surface area contributed by atoms with Crippen LogP contribution in [-0.2, 0) is 11.2 Å². The largest absolute Gasteiger partial charge is 0.300 e. The van der Waals surface area contributed by atoms with Crippen LogP contribution in [0.2, 0.25) is 0 Å². The van der Waals surface area contributed by atoms with Crippen molar-refractivity contribution in [1.29, 1.82) is 0 Å². The summed E-state index contributed by atoms with van der Waals surface area (Å²) in [5.41, 5.74) is 1.48. The van der Waals surface area contributed by atoms with E-state index in [2.05, 4.69) is 40.3 Å². The molecule has 0 aromatic heterocycles. The van der Waals surface area contributed by atoms with Gasteiger partial charge in [0.2, 0.25) is 0 Å². The summed E-state index contributed by atoms with van der Waals surface area (Å²) in [4.78, 5) is 11.5. The van der Waals surface area contributed by atoms with Gasteiger partial charge in [0, 0.05) is 32.1 Å². The Balaban J connectivity index is 1.43. The second-order valence-corrected chi connectivity index (χ2v) is 6.93. The van der Waals surface area contributed by atoms with E-state index in [9.17, 15) is 4.79 Å². The molecule has 0 spiro atoms. The van der Waals surface area contributed by atoms with Crippen LogP contribution < -0.4 is 0 Å². The molecule has 0 atom stereocenters. The Labute approximate surface area is 134 Å². The maximum atomic E-state index is 11.5. The van der Waals surface area contributed by atoms with E-state index in [-0.39, 0.29) is 0 Å². The third kappa shape index (κ3) is 3.96. The van der Waals surface area contributed by atoms with E-state index in [1.807, 2.05) is 0 Å². The Bertz CT molecular complexity index is 471. The standard InChI is InChI=1S/C19H28N2O/c1-16(22)19-9-13-21(14-10-19)20-11-7-18(8-12-20)15-17-5-3-2-4-6-17/h2-6,18-19H,7-15H2,1H3. The molecule has 2 aliphatic rings. The Morgan fingerprint density at radius 3 is 2.05 bits per heavy atom. The van der Waals surface area contributed by atoms with Gasteiger partial charge in [0.1, 0.15) is 5.78 Å². The highest BCUT2D eigenvalue weighted by Crippen LogP contribution is 2.25. The first-order chi connectivity index (χ1) is 10.7. The molecule has 0 aliphatic carbocycles. The first-order valence-corrected chi connectivity index (χ1v) is 8.76. The number of benzene rings is 1. The van der Waals surface area contributed by atoms with E-state index in [1.165, 1.54) is 37.9 Å². The van der Waals surface area contributed by atoms with Gasteiger partial charge in [0.15, 0.2) is 0 Å². The zero-order chi connectivity index (χ0) is 15.4. The molecule has 2 fully saturated rings. The lowest BCUT2D eigenvalue weighted by molar-refractivity contribution is -0.125. The third-order valence-corrected chi connectivity index (χ3v) is 5.40. The van der Waals surface area contributed by atoms with Gasteiger partial charge in [-0.3, -0.25) is 4.79 Å². The molecule has 2 saturated heterocycles. The van der Waals surface area contributed by atoms with Crippen molar-refractivity contribution in [3.63, 3.8) is 0 Å². The van der Waals surface area contributed by atoms with E-state index >= 15 is 0 Å². The van der Waals surface area contributed by atoms with Crippen LogP contribution in [0, 0.1) is 11.8 Å². The highest BCUT2D eigenvalue weighted by atomic mass is 16.1. The highest BCUT2D eigenvalue weighted by molar-refractivity contribution is 5.78. The molecular weight excluding hydrogens is 272 g/mol. The smallest absolute Gasteiger partial charge is 0.133 e. The number of piperidine rings is 2. The minimum absolute atomic E-state index is 0.312. The van der Waals surface area contributed by atoms with Crippen LogP contribution in [0.4, 0.5) is 0 Å². The maximum Gasteiger partial charge on any atom is 0.133 e. The summed E-state index contributed by atoms with van der Waals surface area (Å²) in [7, 11) is 0. The zero-order valence-electron chi connectivity index (χ0n) is 13.7. The fourth-order valence-corrected chi connectivity index (χ4v) is 3.91. The first kappa shape index (κ1) is 15.7. The van der Waals surface area contributed by atoms with Crippen molar-refractivity contribution >= 4 is 5.78 Å². The van der Waals surface area contributed by atoms with Crippen LogP contribution in [0.15, 0.2) is 30.3 Å². The van der Waals surface area contributed by atoms with Crippen molar-refractivity contribution in [2.45, 2.75) is 39.0 Å². The van der Waals surface area contributed by atoms with E-state index in [0.29, 0.717) is 11.7 Å². The molecule has 0 N–H and O–H groups in total. The van der Waals surface area contributed by atoms with Gasteiger partial charge >= 0.3 is 0 Å². The van der Waals surface area contributed by atoms with Crippen LogP contribution in [0.1, 0.15) is 38.2 Å². The predicted molar refractivity (Wildman–Crippen MR) is 89.4 cm³/mol. The molecule has 2 aliphatic heterocycles. The summed E-state index contributed by atoms with van der Waals surface area (Å²) in [6, 6.07) is 10.9. The minimum atomic E-state index is 0.312. The van der Waals surface area contributed by atoms with Crippen LogP contribution in [0.3, 0.4) is 0 Å². The SMILES string of the molecule is CC(=O)C1CCN(N2CCC(Cc3ccccc3)CC2)CC1. The van der Waals surface area contributed by atoms with E-state index in [1.54, 1.807) is 6.92 Å². The summed E-state index contributed by atoms with van der Waals surface area (Å²) in [6.45, 7) is 6.24. The summed E-state index contributed by atoms with van der Waals surface area (Å²) >= 11 is 0. The van der Waals surface area contributed by atoms with Crippen LogP contribution >= 0.6 is 0 Å². The van der Waals surface area contributed by atoms with Crippen LogP contribution in [0.25, 0.3) is 0 Å². The Morgan fingerprint density at radius 2 is 1.50 bits per heavy atom. The number of hydrazine groups is 1. The van der Waals surface area contributed by atoms with Crippen molar-refractivity contribution in [2.75, 3.05) is 26.2 Å². The molecule has 1 aromatic rings. The van der Waals surface area contributed by atoms with E-state index in [0.717, 1.165) is 31.8 Å². The number of Topliss-reactive ketones (excluding diaryl/α,β-unsaturated/α-hetero) is 1. The van der Waals surface area contributed by atoms with Gasteiger partial charge in [0.05, 0.1) is 0 Å². The molecule has 0 radical (unpaired) electrons. The number of carbonyl (C=O) groups is 1. The molecule has 2 heterocycles. The number of hydrogen-bond acceptors (Lipinski definition) is 3. The van der Waals surface area contributed by atoms with Crippen molar-refractivity contribution in [1.82, 2.24) is 10.0 Å². The van der Waals surface area contributed by atoms with E-state index < -0.39 is 0 Å². The minimum Gasteiger partial charge on any atom is -0.300 e. The average Bonchev–Trinajstić information content (AvgIpc) is 2.57. The van der Waals surface area contributed by atoms with Crippen LogP contribution in [0.5, 0.6) is 0 Å². The van der Waals surface area contributed by atoms with Crippen molar-refractivity contribution in [3.05, 3.63) is 35.9 Å². The molecule has 0 amide bonds. The molecule has 0 unspecified atom stereocenters. The number of hydrogen-bond donors (Lipinski definition) is 0. The van der Waals surface area contributed by atoms with Gasteiger partial charge in [-0.25, -0.2) is 10.0 Å². The lowest BCUT2D eigenvalue weighted by Gasteiger charge is -2.43. The Kier molecular flexibility index (Phi) is 5.27. The van der Waals surface area contributed by atoms with Gasteiger partial charge in [-0.15, -0.1) is 0 Å². The summed E-state index contributed by atoms with van der Waals surface area (Å²) in [5.74, 6) is 1.52. The number of nitrogens with zero attached hydrogens (tertiary/aromatic N) is 2. The number of ketones is 1. The molecule has 120 valence electrons. The third-order valence-electron chi connectivity index (χ3n) is 5.40. The number of carbonyl (C=O) groups excluding carboxylic acids is 1. The van der Waals surface area contributed by atoms with Gasteiger partial charge in [-0.1, -0.05) is 30.3 Å². The lowest BCUT2D eigenvalue weighted by Crippen LogP contribution is -2.50. The van der Waals surface area contributed by atoms with Crippen molar-refractivity contribution in [2.24, 2.45) is 11.8 Å². The molecule has 3 nitrogen and oxygen atoms in total. The summed E-state index contributed by atoms with van der Waals surface area (Å²) in [5, 5.41) is 5.04. The van der Waals surface area contributed by atoms with Crippen molar-refractivity contribution < 1.29 is 4.79 Å². The average molecular weight is 300 g/mol. The molecule has 1 aromatic carbocycles. The molecule has 3 rings (SSSR count). The Hall–Kier alpha value is -1.19. The van der Waals surface area contributed by atoms with Crippen LogP contribution in [-0.4, -0.2) is 42.0 Å². The fourth-order valence-electron chi connectivity index (χ4n) is 3.91. The molecular formula is C19H28N2O. The highest BCUT2D eigenvalue weighted by Gasteiger charge is 2.28. The lowest BCUT2D eigenvalue weighted by atomic mass is 9.90. The van der Waals surface area contributed by atoms with E-state index in [4.69, 9.17) is 0 Å².